The Morgan fingerprint density at radius 3 is 2.49 bits per heavy atom. The van der Waals surface area contributed by atoms with Crippen LogP contribution in [0.5, 0.6) is 5.75 Å². The third-order valence-electron chi connectivity index (χ3n) is 5.54. The molecule has 0 radical (unpaired) electrons. The van der Waals surface area contributed by atoms with Crippen molar-refractivity contribution in [1.82, 2.24) is 4.98 Å². The Kier molecular flexibility index (Phi) is 6.73. The van der Waals surface area contributed by atoms with Gasteiger partial charge in [-0.15, -0.1) is 0 Å². The molecule has 8 nitrogen and oxygen atoms in total. The number of nitrogens with one attached hydrogen (secondary N) is 3. The summed E-state index contributed by atoms with van der Waals surface area (Å²) >= 11 is 0. The number of methoxy groups -OCH3 is 1. The molecule has 0 fully saturated rings. The monoisotopic (exact) mass is 468 g/mol. The second-order valence-electron chi connectivity index (χ2n) is 7.85. The molecule has 1 heterocycles. The van der Waals surface area contributed by atoms with Crippen LogP contribution < -0.4 is 31.5 Å². The first-order valence-electron chi connectivity index (χ1n) is 10.9. The summed E-state index contributed by atoms with van der Waals surface area (Å²) in [6.07, 6.45) is 2.76. The minimum absolute atomic E-state index is 0.156. The fourth-order valence-electron chi connectivity index (χ4n) is 3.65. The van der Waals surface area contributed by atoms with Crippen LogP contribution in [0.25, 0.3) is 11.3 Å². The van der Waals surface area contributed by atoms with E-state index < -0.39 is 10.9 Å². The molecule has 35 heavy (non-hydrogen) atoms. The Labute approximate surface area is 202 Å². The molecule has 0 saturated carbocycles. The molecule has 0 aliphatic heterocycles. The van der Waals surface area contributed by atoms with Crippen molar-refractivity contribution in [3.05, 3.63) is 106 Å². The van der Waals surface area contributed by atoms with E-state index >= 15 is 0 Å². The van der Waals surface area contributed by atoms with Crippen molar-refractivity contribution in [2.45, 2.75) is 13.0 Å². The number of hydrogen-bond acceptors (Lipinski definition) is 7. The highest BCUT2D eigenvalue weighted by Crippen LogP contribution is 2.32. The summed E-state index contributed by atoms with van der Waals surface area (Å²) in [7, 11) is 1.51. The zero-order chi connectivity index (χ0) is 24.9. The van der Waals surface area contributed by atoms with Crippen molar-refractivity contribution >= 4 is 28.7 Å². The lowest BCUT2D eigenvalue weighted by Crippen LogP contribution is -2.37. The van der Waals surface area contributed by atoms with E-state index in [9.17, 15) is 14.4 Å². The van der Waals surface area contributed by atoms with E-state index in [2.05, 4.69) is 27.5 Å². The van der Waals surface area contributed by atoms with E-state index in [-0.39, 0.29) is 23.3 Å². The number of aromatic nitrogens is 1. The molecule has 0 aliphatic rings. The number of rotatable bonds is 9. The smallest absolute Gasteiger partial charge is 0.253 e. The molecule has 1 unspecified atom stereocenters. The van der Waals surface area contributed by atoms with Gasteiger partial charge in [0, 0.05) is 23.5 Å². The predicted molar refractivity (Wildman–Crippen MR) is 138 cm³/mol. The number of carbonyl (C=O) groups excluding carboxylic acids is 1. The van der Waals surface area contributed by atoms with E-state index in [0.717, 1.165) is 11.1 Å². The van der Waals surface area contributed by atoms with E-state index in [1.165, 1.54) is 13.2 Å². The Balaban J connectivity index is 1.59. The van der Waals surface area contributed by atoms with E-state index in [4.69, 9.17) is 4.74 Å². The van der Waals surface area contributed by atoms with Crippen LogP contribution in [0.3, 0.4) is 0 Å². The van der Waals surface area contributed by atoms with Gasteiger partial charge in [0.1, 0.15) is 17.1 Å². The lowest BCUT2D eigenvalue weighted by Gasteiger charge is -2.20. The Morgan fingerprint density at radius 1 is 1.03 bits per heavy atom. The van der Waals surface area contributed by atoms with Gasteiger partial charge in [0.15, 0.2) is 0 Å². The molecule has 1 amide bonds. The molecular weight excluding hydrogens is 444 g/mol. The number of nitrogens with zero attached hydrogens (tertiary/aromatic N) is 1. The highest BCUT2D eigenvalue weighted by molar-refractivity contribution is 6.00. The highest BCUT2D eigenvalue weighted by Gasteiger charge is 2.23. The normalized spacial score (nSPS) is 11.5. The molecular formula is C27H24N4O4. The molecule has 0 spiro atoms. The van der Waals surface area contributed by atoms with Crippen molar-refractivity contribution in [2.75, 3.05) is 23.1 Å². The molecule has 8 heteroatoms. The van der Waals surface area contributed by atoms with Crippen LogP contribution in [0, 0.1) is 0 Å². The fourth-order valence-corrected chi connectivity index (χ4v) is 3.65. The van der Waals surface area contributed by atoms with Crippen molar-refractivity contribution in [1.29, 1.82) is 0 Å². The summed E-state index contributed by atoms with van der Waals surface area (Å²) in [6, 6.07) is 18.2. The Hall–Kier alpha value is -4.72. The van der Waals surface area contributed by atoms with Crippen LogP contribution in [0.15, 0.2) is 89.1 Å². The summed E-state index contributed by atoms with van der Waals surface area (Å²) < 4.78 is 5.31. The topological polar surface area (TPSA) is 109 Å². The van der Waals surface area contributed by atoms with Gasteiger partial charge in [-0.25, -0.2) is 0 Å². The minimum Gasteiger partial charge on any atom is -0.495 e. The summed E-state index contributed by atoms with van der Waals surface area (Å²) in [5.74, 6) is 0.124. The van der Waals surface area contributed by atoms with Crippen LogP contribution in [0.4, 0.5) is 22.7 Å². The van der Waals surface area contributed by atoms with E-state index in [0.29, 0.717) is 22.8 Å². The SMILES string of the molecule is C=CC(=O)Nc1cc(-c2cc(Nc3c(NC(C)c4ccccc4)c(=O)c3=O)ccn2)ccc1OC. The van der Waals surface area contributed by atoms with Gasteiger partial charge in [-0.1, -0.05) is 36.9 Å². The largest absolute Gasteiger partial charge is 0.495 e. The third-order valence-corrected chi connectivity index (χ3v) is 5.54. The van der Waals surface area contributed by atoms with Crippen molar-refractivity contribution in [3.63, 3.8) is 0 Å². The van der Waals surface area contributed by atoms with Crippen molar-refractivity contribution in [3.8, 4) is 17.0 Å². The highest BCUT2D eigenvalue weighted by atomic mass is 16.5. The number of carbonyl (C=O) groups is 1. The first-order valence-corrected chi connectivity index (χ1v) is 10.9. The quantitative estimate of drug-likeness (QED) is 0.247. The van der Waals surface area contributed by atoms with Crippen molar-refractivity contribution in [2.24, 2.45) is 0 Å². The lowest BCUT2D eigenvalue weighted by molar-refractivity contribution is -0.111. The van der Waals surface area contributed by atoms with Crippen LogP contribution in [0.2, 0.25) is 0 Å². The van der Waals surface area contributed by atoms with Crippen LogP contribution in [0.1, 0.15) is 18.5 Å². The van der Waals surface area contributed by atoms with Crippen LogP contribution >= 0.6 is 0 Å². The van der Waals surface area contributed by atoms with Gasteiger partial charge in [0.2, 0.25) is 5.91 Å². The number of benzene rings is 2. The lowest BCUT2D eigenvalue weighted by atomic mass is 10.1. The van der Waals surface area contributed by atoms with E-state index in [1.54, 1.807) is 36.5 Å². The average molecular weight is 469 g/mol. The predicted octanol–water partition coefficient (Wildman–Crippen LogP) is 4.39. The second kappa shape index (κ2) is 10.0. The van der Waals surface area contributed by atoms with Gasteiger partial charge in [-0.2, -0.15) is 0 Å². The second-order valence-corrected chi connectivity index (χ2v) is 7.85. The van der Waals surface area contributed by atoms with Gasteiger partial charge in [-0.3, -0.25) is 19.4 Å². The molecule has 1 atom stereocenters. The first kappa shape index (κ1) is 23.4. The zero-order valence-electron chi connectivity index (χ0n) is 19.3. The van der Waals surface area contributed by atoms with Crippen LogP contribution in [-0.4, -0.2) is 18.0 Å². The molecule has 0 saturated heterocycles. The summed E-state index contributed by atoms with van der Waals surface area (Å²) in [4.78, 5) is 40.7. The first-order chi connectivity index (χ1) is 16.9. The maximum Gasteiger partial charge on any atom is 0.253 e. The molecule has 3 N–H and O–H groups in total. The summed E-state index contributed by atoms with van der Waals surface area (Å²) in [6.45, 7) is 5.39. The van der Waals surface area contributed by atoms with Crippen LogP contribution in [-0.2, 0) is 4.79 Å². The average Bonchev–Trinajstić information content (AvgIpc) is 2.90. The van der Waals surface area contributed by atoms with Gasteiger partial charge >= 0.3 is 0 Å². The number of hydrogen-bond donors (Lipinski definition) is 3. The Bertz CT molecular complexity index is 1460. The third kappa shape index (κ3) is 4.96. The van der Waals surface area contributed by atoms with Crippen molar-refractivity contribution < 1.29 is 9.53 Å². The molecule has 4 rings (SSSR count). The maximum absolute atomic E-state index is 12.3. The molecule has 0 aliphatic carbocycles. The molecule has 3 aromatic carbocycles. The fraction of sp³-hybridized carbons (Fsp3) is 0.111. The Morgan fingerprint density at radius 2 is 1.77 bits per heavy atom. The van der Waals surface area contributed by atoms with Gasteiger partial charge in [-0.05, 0) is 48.9 Å². The van der Waals surface area contributed by atoms with Gasteiger partial charge in [0.05, 0.1) is 18.5 Å². The standard InChI is InChI=1S/C27H24N4O4/c1-4-23(32)31-21-14-18(10-11-22(21)35-3)20-15-19(12-13-28-20)30-25-24(26(33)27(25)34)29-16(2)17-8-6-5-7-9-17/h4-16,29H,1H2,2-3H3,(H,28,30)(H,31,32). The number of anilines is 4. The molecule has 176 valence electrons. The number of amides is 1. The van der Waals surface area contributed by atoms with Gasteiger partial charge in [0.25, 0.3) is 10.9 Å². The number of pyridine rings is 1. The maximum atomic E-state index is 12.3. The zero-order valence-corrected chi connectivity index (χ0v) is 19.3. The summed E-state index contributed by atoms with van der Waals surface area (Å²) in [5.41, 5.74) is 2.70. The molecule has 0 bridgehead atoms. The number of ether oxygens (including phenoxy) is 1. The summed E-state index contributed by atoms with van der Waals surface area (Å²) in [5, 5.41) is 8.91. The molecule has 4 aromatic rings. The van der Waals surface area contributed by atoms with E-state index in [1.807, 2.05) is 37.3 Å². The van der Waals surface area contributed by atoms with Gasteiger partial charge < -0.3 is 20.7 Å². The minimum atomic E-state index is -0.579. The molecule has 1 aromatic heterocycles.